The Morgan fingerprint density at radius 1 is 1.10 bits per heavy atom. The number of anilines is 2. The fourth-order valence-corrected chi connectivity index (χ4v) is 3.00. The van der Waals surface area contributed by atoms with E-state index < -0.39 is 23.5 Å². The predicted octanol–water partition coefficient (Wildman–Crippen LogP) is 5.37. The van der Waals surface area contributed by atoms with Gasteiger partial charge in [0.05, 0.1) is 5.56 Å². The zero-order valence-corrected chi connectivity index (χ0v) is 16.1. The Kier molecular flexibility index (Phi) is 6.05. The summed E-state index contributed by atoms with van der Waals surface area (Å²) < 4.78 is 52.7. The van der Waals surface area contributed by atoms with Gasteiger partial charge in [-0.1, -0.05) is 30.3 Å². The van der Waals surface area contributed by atoms with Crippen LogP contribution in [-0.2, 0) is 17.4 Å². The van der Waals surface area contributed by atoms with Crippen LogP contribution in [-0.4, -0.2) is 10.9 Å². The summed E-state index contributed by atoms with van der Waals surface area (Å²) in [5, 5.41) is 2.50. The number of aromatic nitrogens is 1. The van der Waals surface area contributed by atoms with Gasteiger partial charge in [0.1, 0.15) is 0 Å². The smallest absolute Gasteiger partial charge is 0.381 e. The first-order valence-corrected chi connectivity index (χ1v) is 9.11. The summed E-state index contributed by atoms with van der Waals surface area (Å²) in [5.74, 6) is -1.21. The van der Waals surface area contributed by atoms with Gasteiger partial charge in [-0.05, 0) is 48.2 Å². The van der Waals surface area contributed by atoms with Crippen LogP contribution in [0.5, 0.6) is 0 Å². The van der Waals surface area contributed by atoms with Crippen LogP contribution >= 0.6 is 0 Å². The minimum atomic E-state index is -4.48. The lowest BCUT2D eigenvalue weighted by Crippen LogP contribution is -2.14. The van der Waals surface area contributed by atoms with E-state index in [0.717, 1.165) is 11.6 Å². The highest BCUT2D eigenvalue weighted by Gasteiger charge is 2.32. The number of hydrogen-bond donors (Lipinski definition) is 2. The Bertz CT molecular complexity index is 1080. The molecule has 0 unspecified atom stereocenters. The van der Waals surface area contributed by atoms with E-state index >= 15 is 0 Å². The number of aryl methyl sites for hydroxylation is 2. The number of nitrogen functional groups attached to an aromatic ring is 1. The van der Waals surface area contributed by atoms with Crippen molar-refractivity contribution in [3.63, 3.8) is 0 Å². The molecule has 156 valence electrons. The predicted molar refractivity (Wildman–Crippen MR) is 107 cm³/mol. The summed E-state index contributed by atoms with van der Waals surface area (Å²) in [6.07, 6.45) is -2.59. The summed E-state index contributed by atoms with van der Waals surface area (Å²) in [6.45, 7) is 1.36. The van der Waals surface area contributed by atoms with Crippen LogP contribution in [0.25, 0.3) is 11.1 Å². The van der Waals surface area contributed by atoms with Crippen molar-refractivity contribution in [2.45, 2.75) is 25.9 Å². The molecule has 0 aliphatic rings. The third-order valence-electron chi connectivity index (χ3n) is 4.60. The number of alkyl halides is 3. The number of rotatable bonds is 5. The highest BCUT2D eigenvalue weighted by molar-refractivity contribution is 5.91. The molecule has 1 aromatic heterocycles. The van der Waals surface area contributed by atoms with Gasteiger partial charge >= 0.3 is 6.18 Å². The molecule has 0 aliphatic heterocycles. The minimum absolute atomic E-state index is 0.0764. The molecule has 0 atom stereocenters. The van der Waals surface area contributed by atoms with Gasteiger partial charge in [0.2, 0.25) is 5.91 Å². The lowest BCUT2D eigenvalue weighted by Gasteiger charge is -2.13. The number of benzene rings is 2. The van der Waals surface area contributed by atoms with E-state index in [-0.39, 0.29) is 23.5 Å². The molecule has 2 aromatic carbocycles. The molecule has 8 heteroatoms. The lowest BCUT2D eigenvalue weighted by atomic mass is 10.0. The molecular weight excluding hydrogens is 398 g/mol. The number of pyridine rings is 1. The van der Waals surface area contributed by atoms with Gasteiger partial charge in [-0.15, -0.1) is 0 Å². The standard InChI is InChI=1S/C22H19F4N3O/c1-13-5-7-17(11-18(13)22(24,25)26)29-20(30)8-6-14-3-2-4-15(9-14)16-10-19(23)21(27)28-12-16/h2-5,7,9-12H,6,8H2,1H3,(H2,27,28)(H,29,30). The minimum Gasteiger partial charge on any atom is -0.381 e. The van der Waals surface area contributed by atoms with Crippen molar-refractivity contribution in [2.75, 3.05) is 11.1 Å². The zero-order valence-electron chi connectivity index (χ0n) is 16.1. The number of nitrogens with one attached hydrogen (secondary N) is 1. The molecule has 3 rings (SSSR count). The second-order valence-electron chi connectivity index (χ2n) is 6.87. The second kappa shape index (κ2) is 8.52. The van der Waals surface area contributed by atoms with Crippen LogP contribution in [0.3, 0.4) is 0 Å². The Hall–Kier alpha value is -3.42. The van der Waals surface area contributed by atoms with E-state index in [1.54, 1.807) is 18.2 Å². The normalized spacial score (nSPS) is 11.4. The molecule has 1 heterocycles. The van der Waals surface area contributed by atoms with Gasteiger partial charge in [-0.25, -0.2) is 9.37 Å². The lowest BCUT2D eigenvalue weighted by molar-refractivity contribution is -0.138. The zero-order chi connectivity index (χ0) is 21.9. The van der Waals surface area contributed by atoms with Gasteiger partial charge < -0.3 is 11.1 Å². The monoisotopic (exact) mass is 417 g/mol. The van der Waals surface area contributed by atoms with Crippen molar-refractivity contribution in [1.29, 1.82) is 0 Å². The van der Waals surface area contributed by atoms with Crippen molar-refractivity contribution in [1.82, 2.24) is 4.98 Å². The average Bonchev–Trinajstić information content (AvgIpc) is 2.69. The molecule has 0 fully saturated rings. The first-order valence-electron chi connectivity index (χ1n) is 9.11. The van der Waals surface area contributed by atoms with Crippen LogP contribution < -0.4 is 11.1 Å². The number of carbonyl (C=O) groups excluding carboxylic acids is 1. The molecule has 0 saturated carbocycles. The first-order chi connectivity index (χ1) is 14.1. The van der Waals surface area contributed by atoms with Crippen molar-refractivity contribution in [2.24, 2.45) is 0 Å². The molecule has 0 spiro atoms. The van der Waals surface area contributed by atoms with Crippen LogP contribution in [0.4, 0.5) is 29.1 Å². The van der Waals surface area contributed by atoms with Gasteiger partial charge in [0, 0.05) is 23.9 Å². The highest BCUT2D eigenvalue weighted by Crippen LogP contribution is 2.33. The SMILES string of the molecule is Cc1ccc(NC(=O)CCc2cccc(-c3cnc(N)c(F)c3)c2)cc1C(F)(F)F. The van der Waals surface area contributed by atoms with Crippen LogP contribution in [0.15, 0.2) is 54.7 Å². The van der Waals surface area contributed by atoms with Gasteiger partial charge in [0.25, 0.3) is 0 Å². The van der Waals surface area contributed by atoms with E-state index in [9.17, 15) is 22.4 Å². The first kappa shape index (κ1) is 21.3. The Balaban J connectivity index is 1.66. The molecule has 3 aromatic rings. The summed E-state index contributed by atoms with van der Waals surface area (Å²) in [7, 11) is 0. The van der Waals surface area contributed by atoms with Crippen molar-refractivity contribution in [3.05, 3.63) is 77.2 Å². The topological polar surface area (TPSA) is 68.0 Å². The Labute approximate surface area is 170 Å². The molecule has 0 saturated heterocycles. The number of halogens is 4. The van der Waals surface area contributed by atoms with Gasteiger partial charge in [0.15, 0.2) is 11.6 Å². The summed E-state index contributed by atoms with van der Waals surface area (Å²) in [4.78, 5) is 16.0. The number of hydrogen-bond acceptors (Lipinski definition) is 3. The van der Waals surface area contributed by atoms with Crippen LogP contribution in [0, 0.1) is 12.7 Å². The average molecular weight is 417 g/mol. The quantitative estimate of drug-likeness (QED) is 0.549. The number of amides is 1. The Morgan fingerprint density at radius 2 is 1.87 bits per heavy atom. The number of nitrogens with zero attached hydrogens (tertiary/aromatic N) is 1. The van der Waals surface area contributed by atoms with Crippen LogP contribution in [0.1, 0.15) is 23.1 Å². The molecule has 0 bridgehead atoms. The van der Waals surface area contributed by atoms with E-state index in [0.29, 0.717) is 17.5 Å². The van der Waals surface area contributed by atoms with E-state index in [4.69, 9.17) is 5.73 Å². The third kappa shape index (κ3) is 5.14. The largest absolute Gasteiger partial charge is 0.416 e. The third-order valence-corrected chi connectivity index (χ3v) is 4.60. The highest BCUT2D eigenvalue weighted by atomic mass is 19.4. The van der Waals surface area contributed by atoms with E-state index in [1.165, 1.54) is 31.3 Å². The number of carbonyl (C=O) groups is 1. The summed E-state index contributed by atoms with van der Waals surface area (Å²) in [6, 6.07) is 12.1. The van der Waals surface area contributed by atoms with Gasteiger partial charge in [-0.2, -0.15) is 13.2 Å². The van der Waals surface area contributed by atoms with E-state index in [2.05, 4.69) is 10.3 Å². The molecule has 0 aliphatic carbocycles. The second-order valence-corrected chi connectivity index (χ2v) is 6.87. The maximum Gasteiger partial charge on any atom is 0.416 e. The fourth-order valence-electron chi connectivity index (χ4n) is 3.00. The Morgan fingerprint density at radius 3 is 2.57 bits per heavy atom. The molecule has 30 heavy (non-hydrogen) atoms. The molecule has 4 nitrogen and oxygen atoms in total. The van der Waals surface area contributed by atoms with Crippen molar-refractivity contribution >= 4 is 17.4 Å². The van der Waals surface area contributed by atoms with Crippen LogP contribution in [0.2, 0.25) is 0 Å². The van der Waals surface area contributed by atoms with Crippen molar-refractivity contribution in [3.8, 4) is 11.1 Å². The fraction of sp³-hybridized carbons (Fsp3) is 0.182. The van der Waals surface area contributed by atoms with Gasteiger partial charge in [-0.3, -0.25) is 4.79 Å². The molecule has 1 amide bonds. The molecule has 3 N–H and O–H groups in total. The summed E-state index contributed by atoms with van der Waals surface area (Å²) >= 11 is 0. The maximum absolute atomic E-state index is 13.6. The number of nitrogens with two attached hydrogens (primary N) is 1. The molecule has 0 radical (unpaired) electrons. The maximum atomic E-state index is 13.6. The van der Waals surface area contributed by atoms with E-state index in [1.807, 2.05) is 6.07 Å². The molecular formula is C22H19F4N3O. The van der Waals surface area contributed by atoms with Crippen molar-refractivity contribution < 1.29 is 22.4 Å². The summed E-state index contributed by atoms with van der Waals surface area (Å²) in [5.41, 5.74) is 6.87.